The molecule has 2 N–H and O–H groups in total. The van der Waals surface area contributed by atoms with Crippen LogP contribution in [0.2, 0.25) is 0 Å². The molecule has 0 aliphatic carbocycles. The Balaban J connectivity index is 1.84. The molecule has 1 aromatic carbocycles. The third-order valence-corrected chi connectivity index (χ3v) is 3.97. The van der Waals surface area contributed by atoms with Gasteiger partial charge in [0.05, 0.1) is 0 Å². The number of nitrogens with two attached hydrogens (primary N) is 1. The molecule has 0 saturated carbocycles. The standard InChI is InChI=1S/C17H21N3/c1-13-10-14(6-8-18)11-19-17(13)20-9-7-15-4-2-3-5-16(15)12-20/h2-5,10-11H,6-9,12,18H2,1H3. The highest BCUT2D eigenvalue weighted by atomic mass is 15.2. The Morgan fingerprint density at radius 2 is 2.05 bits per heavy atom. The lowest BCUT2D eigenvalue weighted by Crippen LogP contribution is -2.31. The number of pyridine rings is 1. The minimum atomic E-state index is 0.678. The van der Waals surface area contributed by atoms with Gasteiger partial charge in [-0.15, -0.1) is 0 Å². The van der Waals surface area contributed by atoms with Crippen LogP contribution >= 0.6 is 0 Å². The van der Waals surface area contributed by atoms with Crippen LogP contribution in [0.5, 0.6) is 0 Å². The first kappa shape index (κ1) is 13.1. The zero-order valence-corrected chi connectivity index (χ0v) is 12.0. The van der Waals surface area contributed by atoms with Crippen molar-refractivity contribution >= 4 is 5.82 Å². The number of aromatic nitrogens is 1. The van der Waals surface area contributed by atoms with Crippen LogP contribution < -0.4 is 10.6 Å². The third kappa shape index (κ3) is 2.54. The van der Waals surface area contributed by atoms with E-state index >= 15 is 0 Å². The molecule has 1 aliphatic heterocycles. The van der Waals surface area contributed by atoms with E-state index in [9.17, 15) is 0 Å². The topological polar surface area (TPSA) is 42.1 Å². The Labute approximate surface area is 120 Å². The van der Waals surface area contributed by atoms with Crippen LogP contribution in [0.1, 0.15) is 22.3 Å². The molecule has 0 saturated heterocycles. The van der Waals surface area contributed by atoms with Crippen LogP contribution in [-0.2, 0) is 19.4 Å². The first-order valence-corrected chi connectivity index (χ1v) is 7.25. The lowest BCUT2D eigenvalue weighted by molar-refractivity contribution is 0.717. The fraction of sp³-hybridized carbons (Fsp3) is 0.353. The van der Waals surface area contributed by atoms with Crippen LogP contribution in [0.25, 0.3) is 0 Å². The van der Waals surface area contributed by atoms with Gasteiger partial charge in [-0.25, -0.2) is 4.98 Å². The highest BCUT2D eigenvalue weighted by molar-refractivity contribution is 5.50. The highest BCUT2D eigenvalue weighted by Gasteiger charge is 2.18. The molecule has 3 heteroatoms. The van der Waals surface area contributed by atoms with Gasteiger partial charge in [-0.2, -0.15) is 0 Å². The van der Waals surface area contributed by atoms with Crippen LogP contribution in [-0.4, -0.2) is 18.1 Å². The lowest BCUT2D eigenvalue weighted by Gasteiger charge is -2.31. The van der Waals surface area contributed by atoms with Crippen molar-refractivity contribution in [2.45, 2.75) is 26.3 Å². The monoisotopic (exact) mass is 267 g/mol. The summed E-state index contributed by atoms with van der Waals surface area (Å²) in [7, 11) is 0. The summed E-state index contributed by atoms with van der Waals surface area (Å²) < 4.78 is 0. The Bertz CT molecular complexity index is 607. The summed E-state index contributed by atoms with van der Waals surface area (Å²) in [5.41, 5.74) is 11.0. The fourth-order valence-corrected chi connectivity index (χ4v) is 2.94. The Hall–Kier alpha value is -1.87. The Morgan fingerprint density at radius 1 is 1.25 bits per heavy atom. The Morgan fingerprint density at radius 3 is 2.80 bits per heavy atom. The minimum Gasteiger partial charge on any atom is -0.352 e. The van der Waals surface area contributed by atoms with Crippen LogP contribution in [0, 0.1) is 6.92 Å². The van der Waals surface area contributed by atoms with E-state index < -0.39 is 0 Å². The first-order valence-electron chi connectivity index (χ1n) is 7.25. The quantitative estimate of drug-likeness (QED) is 0.929. The van der Waals surface area contributed by atoms with Gasteiger partial charge in [0.15, 0.2) is 0 Å². The Kier molecular flexibility index (Phi) is 3.70. The van der Waals surface area contributed by atoms with Crippen LogP contribution in [0.4, 0.5) is 5.82 Å². The van der Waals surface area contributed by atoms with E-state index in [1.54, 1.807) is 0 Å². The molecule has 20 heavy (non-hydrogen) atoms. The third-order valence-electron chi connectivity index (χ3n) is 3.97. The summed E-state index contributed by atoms with van der Waals surface area (Å²) in [5.74, 6) is 1.11. The summed E-state index contributed by atoms with van der Waals surface area (Å²) in [6.45, 7) is 4.82. The maximum atomic E-state index is 5.61. The fourth-order valence-electron chi connectivity index (χ4n) is 2.94. The van der Waals surface area contributed by atoms with E-state index in [0.29, 0.717) is 6.54 Å². The SMILES string of the molecule is Cc1cc(CCN)cnc1N1CCc2ccccc2C1. The molecular weight excluding hydrogens is 246 g/mol. The van der Waals surface area contributed by atoms with Gasteiger partial charge in [-0.05, 0) is 48.6 Å². The van der Waals surface area contributed by atoms with Crippen molar-refractivity contribution in [3.05, 3.63) is 58.8 Å². The number of nitrogens with zero attached hydrogens (tertiary/aromatic N) is 2. The van der Waals surface area contributed by atoms with Crippen molar-refractivity contribution in [3.63, 3.8) is 0 Å². The van der Waals surface area contributed by atoms with E-state index in [0.717, 1.165) is 31.7 Å². The van der Waals surface area contributed by atoms with E-state index in [1.807, 2.05) is 6.20 Å². The molecule has 3 rings (SSSR count). The normalized spacial score (nSPS) is 14.2. The molecule has 0 amide bonds. The molecule has 2 heterocycles. The number of hydrogen-bond donors (Lipinski definition) is 1. The number of aryl methyl sites for hydroxylation is 1. The van der Waals surface area contributed by atoms with Gasteiger partial charge in [-0.3, -0.25) is 0 Å². The molecule has 0 bridgehead atoms. The smallest absolute Gasteiger partial charge is 0.131 e. The average Bonchev–Trinajstić information content (AvgIpc) is 2.47. The predicted octanol–water partition coefficient (Wildman–Crippen LogP) is 2.45. The van der Waals surface area contributed by atoms with E-state index in [4.69, 9.17) is 5.73 Å². The molecule has 0 spiro atoms. The molecule has 104 valence electrons. The molecule has 0 radical (unpaired) electrons. The number of hydrogen-bond acceptors (Lipinski definition) is 3. The minimum absolute atomic E-state index is 0.678. The summed E-state index contributed by atoms with van der Waals surface area (Å²) in [6, 6.07) is 10.9. The summed E-state index contributed by atoms with van der Waals surface area (Å²) >= 11 is 0. The van der Waals surface area contributed by atoms with Gasteiger partial charge >= 0.3 is 0 Å². The molecular formula is C17H21N3. The van der Waals surface area contributed by atoms with Gasteiger partial charge in [0.1, 0.15) is 5.82 Å². The van der Waals surface area contributed by atoms with Crippen molar-refractivity contribution in [2.75, 3.05) is 18.0 Å². The molecule has 2 aromatic rings. The largest absolute Gasteiger partial charge is 0.352 e. The van der Waals surface area contributed by atoms with E-state index in [-0.39, 0.29) is 0 Å². The number of rotatable bonds is 3. The molecule has 0 fully saturated rings. The zero-order valence-electron chi connectivity index (χ0n) is 12.0. The summed E-state index contributed by atoms with van der Waals surface area (Å²) in [4.78, 5) is 7.04. The molecule has 1 aromatic heterocycles. The summed E-state index contributed by atoms with van der Waals surface area (Å²) in [6.07, 6.45) is 3.97. The van der Waals surface area contributed by atoms with Gasteiger partial charge in [0.25, 0.3) is 0 Å². The predicted molar refractivity (Wildman–Crippen MR) is 82.9 cm³/mol. The lowest BCUT2D eigenvalue weighted by atomic mass is 9.99. The van der Waals surface area contributed by atoms with Gasteiger partial charge in [-0.1, -0.05) is 30.3 Å². The molecule has 0 atom stereocenters. The molecule has 1 aliphatic rings. The van der Waals surface area contributed by atoms with Gasteiger partial charge in [0, 0.05) is 19.3 Å². The zero-order chi connectivity index (χ0) is 13.9. The van der Waals surface area contributed by atoms with E-state index in [2.05, 4.69) is 47.1 Å². The maximum absolute atomic E-state index is 5.61. The van der Waals surface area contributed by atoms with Crippen LogP contribution in [0.3, 0.4) is 0 Å². The number of anilines is 1. The van der Waals surface area contributed by atoms with Crippen molar-refractivity contribution < 1.29 is 0 Å². The second-order valence-electron chi connectivity index (χ2n) is 5.46. The second-order valence-corrected chi connectivity index (χ2v) is 5.46. The number of fused-ring (bicyclic) bond motifs is 1. The van der Waals surface area contributed by atoms with Gasteiger partial charge in [0.2, 0.25) is 0 Å². The van der Waals surface area contributed by atoms with Crippen molar-refractivity contribution in [3.8, 4) is 0 Å². The van der Waals surface area contributed by atoms with Crippen molar-refractivity contribution in [1.82, 2.24) is 4.98 Å². The second kappa shape index (κ2) is 5.63. The highest BCUT2D eigenvalue weighted by Crippen LogP contribution is 2.25. The first-order chi connectivity index (χ1) is 9.78. The van der Waals surface area contributed by atoms with E-state index in [1.165, 1.54) is 22.3 Å². The van der Waals surface area contributed by atoms with Crippen LogP contribution in [0.15, 0.2) is 36.5 Å². The van der Waals surface area contributed by atoms with Crippen molar-refractivity contribution in [2.24, 2.45) is 5.73 Å². The molecule has 3 nitrogen and oxygen atoms in total. The number of benzene rings is 1. The molecule has 0 unspecified atom stereocenters. The van der Waals surface area contributed by atoms with Crippen molar-refractivity contribution in [1.29, 1.82) is 0 Å². The maximum Gasteiger partial charge on any atom is 0.131 e. The summed E-state index contributed by atoms with van der Waals surface area (Å²) in [5, 5.41) is 0. The van der Waals surface area contributed by atoms with Gasteiger partial charge < -0.3 is 10.6 Å². The average molecular weight is 267 g/mol.